The summed E-state index contributed by atoms with van der Waals surface area (Å²) in [5.74, 6) is 0.291. The summed E-state index contributed by atoms with van der Waals surface area (Å²) in [6.45, 7) is 1.28. The van der Waals surface area contributed by atoms with E-state index in [4.69, 9.17) is 9.84 Å². The molecule has 0 spiro atoms. The van der Waals surface area contributed by atoms with Gasteiger partial charge in [-0.15, -0.1) is 0 Å². The molecule has 0 amide bonds. The van der Waals surface area contributed by atoms with Gasteiger partial charge in [-0.2, -0.15) is 0 Å². The van der Waals surface area contributed by atoms with Gasteiger partial charge in [0.2, 0.25) is 0 Å². The number of aliphatic hydroxyl groups is 1. The van der Waals surface area contributed by atoms with Crippen molar-refractivity contribution in [1.82, 2.24) is 4.90 Å². The number of benzene rings is 1. The molecule has 0 aromatic heterocycles. The second kappa shape index (κ2) is 5.47. The van der Waals surface area contributed by atoms with Crippen LogP contribution in [0.25, 0.3) is 0 Å². The van der Waals surface area contributed by atoms with E-state index < -0.39 is 0 Å². The highest BCUT2D eigenvalue weighted by atomic mass is 19.1. The zero-order valence-corrected chi connectivity index (χ0v) is 10.0. The first-order valence-corrected chi connectivity index (χ1v) is 5.92. The number of nitrogens with zero attached hydrogens (tertiary/aromatic N) is 1. The fraction of sp³-hybridized carbons (Fsp3) is 0.538. The Morgan fingerprint density at radius 2 is 2.24 bits per heavy atom. The van der Waals surface area contributed by atoms with Crippen molar-refractivity contribution in [1.29, 1.82) is 0 Å². The van der Waals surface area contributed by atoms with E-state index in [2.05, 4.69) is 4.90 Å². The Hall–Kier alpha value is -1.13. The van der Waals surface area contributed by atoms with Gasteiger partial charge >= 0.3 is 0 Å². The van der Waals surface area contributed by atoms with Gasteiger partial charge in [0.25, 0.3) is 0 Å². The highest BCUT2D eigenvalue weighted by Gasteiger charge is 2.28. The van der Waals surface area contributed by atoms with Gasteiger partial charge in [0.05, 0.1) is 13.7 Å². The Morgan fingerprint density at radius 1 is 1.47 bits per heavy atom. The molecular weight excluding hydrogens is 221 g/mol. The maximum absolute atomic E-state index is 13.8. The first-order valence-electron chi connectivity index (χ1n) is 5.92. The van der Waals surface area contributed by atoms with E-state index in [1.807, 2.05) is 0 Å². The van der Waals surface area contributed by atoms with Crippen LogP contribution in [-0.4, -0.2) is 36.3 Å². The molecule has 94 valence electrons. The van der Waals surface area contributed by atoms with Crippen molar-refractivity contribution in [2.45, 2.75) is 25.4 Å². The van der Waals surface area contributed by atoms with Crippen LogP contribution in [0.1, 0.15) is 18.4 Å². The molecule has 1 fully saturated rings. The molecule has 1 aromatic rings. The second-order valence-electron chi connectivity index (χ2n) is 4.38. The average molecular weight is 239 g/mol. The SMILES string of the molecule is COc1ccc(CN(CCO)C2CC2)c(F)c1. The van der Waals surface area contributed by atoms with Crippen LogP contribution in [0.3, 0.4) is 0 Å². The summed E-state index contributed by atoms with van der Waals surface area (Å²) in [7, 11) is 1.52. The molecule has 0 heterocycles. The van der Waals surface area contributed by atoms with E-state index >= 15 is 0 Å². The van der Waals surface area contributed by atoms with Gasteiger partial charge in [-0.3, -0.25) is 4.90 Å². The molecule has 0 radical (unpaired) electrons. The molecule has 0 bridgehead atoms. The van der Waals surface area contributed by atoms with Gasteiger partial charge in [-0.05, 0) is 18.9 Å². The van der Waals surface area contributed by atoms with Crippen LogP contribution in [0.15, 0.2) is 18.2 Å². The van der Waals surface area contributed by atoms with Gasteiger partial charge in [0, 0.05) is 30.8 Å². The fourth-order valence-corrected chi connectivity index (χ4v) is 1.96. The molecule has 1 aliphatic rings. The summed E-state index contributed by atoms with van der Waals surface area (Å²) in [4.78, 5) is 2.13. The number of aliphatic hydroxyl groups excluding tert-OH is 1. The summed E-state index contributed by atoms with van der Waals surface area (Å²) in [5.41, 5.74) is 0.658. The molecule has 3 nitrogen and oxygen atoms in total. The summed E-state index contributed by atoms with van der Waals surface area (Å²) in [6.07, 6.45) is 2.30. The molecule has 1 N–H and O–H groups in total. The molecule has 4 heteroatoms. The number of rotatable bonds is 6. The lowest BCUT2D eigenvalue weighted by Crippen LogP contribution is -2.29. The molecule has 2 rings (SSSR count). The van der Waals surface area contributed by atoms with E-state index in [-0.39, 0.29) is 12.4 Å². The van der Waals surface area contributed by atoms with Crippen LogP contribution < -0.4 is 4.74 Å². The molecule has 1 aromatic carbocycles. The Labute approximate surface area is 101 Å². The van der Waals surface area contributed by atoms with Crippen LogP contribution in [0.2, 0.25) is 0 Å². The number of methoxy groups -OCH3 is 1. The van der Waals surface area contributed by atoms with Crippen molar-refractivity contribution in [3.63, 3.8) is 0 Å². The van der Waals surface area contributed by atoms with Crippen LogP contribution in [0.5, 0.6) is 5.75 Å². The minimum Gasteiger partial charge on any atom is -0.497 e. The Morgan fingerprint density at radius 3 is 2.76 bits per heavy atom. The second-order valence-corrected chi connectivity index (χ2v) is 4.38. The third-order valence-electron chi connectivity index (χ3n) is 3.08. The topological polar surface area (TPSA) is 32.7 Å². The van der Waals surface area contributed by atoms with Gasteiger partial charge in [-0.25, -0.2) is 4.39 Å². The van der Waals surface area contributed by atoms with Gasteiger partial charge < -0.3 is 9.84 Å². The quantitative estimate of drug-likeness (QED) is 0.821. The van der Waals surface area contributed by atoms with E-state index in [0.717, 1.165) is 12.8 Å². The normalized spacial score (nSPS) is 15.3. The molecule has 0 unspecified atom stereocenters. The first kappa shape index (κ1) is 12.3. The lowest BCUT2D eigenvalue weighted by atomic mass is 10.2. The Kier molecular flexibility index (Phi) is 3.97. The third kappa shape index (κ3) is 3.17. The number of hydrogen-bond donors (Lipinski definition) is 1. The maximum Gasteiger partial charge on any atom is 0.131 e. The fourth-order valence-electron chi connectivity index (χ4n) is 1.96. The van der Waals surface area contributed by atoms with Crippen molar-refractivity contribution in [3.05, 3.63) is 29.6 Å². The minimum absolute atomic E-state index is 0.119. The van der Waals surface area contributed by atoms with E-state index in [0.29, 0.717) is 30.4 Å². The van der Waals surface area contributed by atoms with Gasteiger partial charge in [0.15, 0.2) is 0 Å². The first-order chi connectivity index (χ1) is 8.24. The summed E-state index contributed by atoms with van der Waals surface area (Å²) in [5, 5.41) is 8.99. The Bertz CT molecular complexity index is 380. The third-order valence-corrected chi connectivity index (χ3v) is 3.08. The van der Waals surface area contributed by atoms with E-state index in [1.54, 1.807) is 12.1 Å². The van der Waals surface area contributed by atoms with Crippen molar-refractivity contribution in [2.24, 2.45) is 0 Å². The highest BCUT2D eigenvalue weighted by Crippen LogP contribution is 2.28. The van der Waals surface area contributed by atoms with Crippen LogP contribution in [0, 0.1) is 5.82 Å². The molecule has 1 saturated carbocycles. The van der Waals surface area contributed by atoms with Crippen LogP contribution in [-0.2, 0) is 6.54 Å². The van der Waals surface area contributed by atoms with Gasteiger partial charge in [0.1, 0.15) is 11.6 Å². The zero-order chi connectivity index (χ0) is 12.3. The largest absolute Gasteiger partial charge is 0.497 e. The smallest absolute Gasteiger partial charge is 0.131 e. The van der Waals surface area contributed by atoms with Crippen LogP contribution >= 0.6 is 0 Å². The van der Waals surface area contributed by atoms with Crippen molar-refractivity contribution in [3.8, 4) is 5.75 Å². The molecule has 1 aliphatic carbocycles. The predicted octanol–water partition coefficient (Wildman–Crippen LogP) is 1.79. The molecule has 0 aliphatic heterocycles. The number of ether oxygens (including phenoxy) is 1. The van der Waals surface area contributed by atoms with Crippen molar-refractivity contribution in [2.75, 3.05) is 20.3 Å². The predicted molar refractivity (Wildman–Crippen MR) is 63.5 cm³/mol. The van der Waals surface area contributed by atoms with Crippen molar-refractivity contribution < 1.29 is 14.2 Å². The minimum atomic E-state index is -0.243. The zero-order valence-electron chi connectivity index (χ0n) is 10.0. The monoisotopic (exact) mass is 239 g/mol. The molecule has 0 saturated heterocycles. The molecule has 0 atom stereocenters. The number of halogens is 1. The average Bonchev–Trinajstić information content (AvgIpc) is 3.14. The molecular formula is C13H18FNO2. The van der Waals surface area contributed by atoms with Gasteiger partial charge in [-0.1, -0.05) is 6.07 Å². The van der Waals surface area contributed by atoms with E-state index in [1.165, 1.54) is 13.2 Å². The number of hydrogen-bond acceptors (Lipinski definition) is 3. The summed E-state index contributed by atoms with van der Waals surface area (Å²) in [6, 6.07) is 5.44. The highest BCUT2D eigenvalue weighted by molar-refractivity contribution is 5.29. The Balaban J connectivity index is 2.05. The molecule has 17 heavy (non-hydrogen) atoms. The van der Waals surface area contributed by atoms with Crippen molar-refractivity contribution >= 4 is 0 Å². The summed E-state index contributed by atoms with van der Waals surface area (Å²) >= 11 is 0. The lowest BCUT2D eigenvalue weighted by molar-refractivity contribution is 0.182. The van der Waals surface area contributed by atoms with Crippen LogP contribution in [0.4, 0.5) is 4.39 Å². The van der Waals surface area contributed by atoms with E-state index in [9.17, 15) is 4.39 Å². The standard InChI is InChI=1S/C13H18FNO2/c1-17-12-5-2-10(13(14)8-12)9-15(6-7-16)11-3-4-11/h2,5,8,11,16H,3-4,6-7,9H2,1H3. The lowest BCUT2D eigenvalue weighted by Gasteiger charge is -2.21. The summed E-state index contributed by atoms with van der Waals surface area (Å²) < 4.78 is 18.7. The maximum atomic E-state index is 13.8.